The molecule has 0 saturated heterocycles. The molecule has 0 fully saturated rings. The van der Waals surface area contributed by atoms with Crippen molar-refractivity contribution in [1.82, 2.24) is 4.98 Å². The summed E-state index contributed by atoms with van der Waals surface area (Å²) in [6.07, 6.45) is 1.48. The maximum atomic E-state index is 12.9. The van der Waals surface area contributed by atoms with Crippen LogP contribution in [0.5, 0.6) is 0 Å². The summed E-state index contributed by atoms with van der Waals surface area (Å²) in [5.41, 5.74) is 2.91. The van der Waals surface area contributed by atoms with E-state index < -0.39 is 10.0 Å². The van der Waals surface area contributed by atoms with Crippen molar-refractivity contribution in [2.75, 3.05) is 16.3 Å². The number of aromatic nitrogens is 1. The van der Waals surface area contributed by atoms with Crippen LogP contribution in [0.3, 0.4) is 0 Å². The molecule has 6 nitrogen and oxygen atoms in total. The summed E-state index contributed by atoms with van der Waals surface area (Å²) in [5.74, 6) is 5.47. The molecule has 0 saturated carbocycles. The van der Waals surface area contributed by atoms with Crippen molar-refractivity contribution in [2.45, 2.75) is 11.8 Å². The largest absolute Gasteiger partial charge is 0.307 e. The number of benzene rings is 1. The smallest absolute Gasteiger partial charge is 0.268 e. The fraction of sp³-hybridized carbons (Fsp3) is 0.154. The van der Waals surface area contributed by atoms with Crippen molar-refractivity contribution in [2.24, 2.45) is 5.84 Å². The molecule has 21 heavy (non-hydrogen) atoms. The Hall–Kier alpha value is -1.64. The molecule has 3 N–H and O–H groups in total. The van der Waals surface area contributed by atoms with Gasteiger partial charge < -0.3 is 5.43 Å². The maximum Gasteiger partial charge on any atom is 0.268 e. The first-order chi connectivity index (χ1) is 10.0. The van der Waals surface area contributed by atoms with Crippen LogP contribution in [0.25, 0.3) is 0 Å². The molecule has 1 heterocycles. The molecule has 0 aliphatic heterocycles. The van der Waals surface area contributed by atoms with Crippen LogP contribution in [0.4, 0.5) is 11.5 Å². The number of nitrogens with two attached hydrogens (primary N) is 1. The Morgan fingerprint density at radius 1 is 1.33 bits per heavy atom. The lowest BCUT2D eigenvalue weighted by Gasteiger charge is -2.23. The van der Waals surface area contributed by atoms with Gasteiger partial charge in [0.15, 0.2) is 5.82 Å². The van der Waals surface area contributed by atoms with Crippen LogP contribution in [0.2, 0.25) is 0 Å². The van der Waals surface area contributed by atoms with Crippen molar-refractivity contribution in [3.63, 3.8) is 0 Å². The third-order valence-corrected chi connectivity index (χ3v) is 5.21. The van der Waals surface area contributed by atoms with Crippen LogP contribution in [0.1, 0.15) is 6.92 Å². The standard InChI is InChI=1S/C13H15BrN4O2S/c1-2-18(11-6-4-3-5-7-11)21(19,20)12-8-10(14)9-16-13(12)17-15/h3-9H,2,15H2,1H3,(H,16,17). The van der Waals surface area contributed by atoms with Gasteiger partial charge in [-0.2, -0.15) is 0 Å². The lowest BCUT2D eigenvalue weighted by Crippen LogP contribution is -2.32. The van der Waals surface area contributed by atoms with E-state index in [9.17, 15) is 8.42 Å². The second-order valence-electron chi connectivity index (χ2n) is 4.15. The van der Waals surface area contributed by atoms with Crippen LogP contribution >= 0.6 is 15.9 Å². The Balaban J connectivity index is 2.58. The molecule has 0 aliphatic rings. The number of nitrogen functional groups attached to an aromatic ring is 1. The number of nitrogens with one attached hydrogen (secondary N) is 1. The molecule has 0 radical (unpaired) electrons. The summed E-state index contributed by atoms with van der Waals surface area (Å²) in [7, 11) is -3.77. The number of hydrazine groups is 1. The van der Waals surface area contributed by atoms with Crippen LogP contribution < -0.4 is 15.6 Å². The van der Waals surface area contributed by atoms with Crippen LogP contribution in [0, 0.1) is 0 Å². The summed E-state index contributed by atoms with van der Waals surface area (Å²) in [5, 5.41) is 0. The average Bonchev–Trinajstić information content (AvgIpc) is 2.49. The number of nitrogens with zero attached hydrogens (tertiary/aromatic N) is 2. The predicted molar refractivity (Wildman–Crippen MR) is 86.4 cm³/mol. The Morgan fingerprint density at radius 3 is 2.57 bits per heavy atom. The molecule has 0 aliphatic carbocycles. The van der Waals surface area contributed by atoms with E-state index in [-0.39, 0.29) is 10.7 Å². The van der Waals surface area contributed by atoms with E-state index >= 15 is 0 Å². The van der Waals surface area contributed by atoms with Gasteiger partial charge in [0, 0.05) is 17.2 Å². The van der Waals surface area contributed by atoms with E-state index in [0.717, 1.165) is 0 Å². The molecule has 1 aromatic heterocycles. The number of anilines is 2. The van der Waals surface area contributed by atoms with E-state index in [1.165, 1.54) is 16.6 Å². The Bertz CT molecular complexity index is 722. The van der Waals surface area contributed by atoms with E-state index in [4.69, 9.17) is 5.84 Å². The highest BCUT2D eigenvalue weighted by molar-refractivity contribution is 9.10. The number of sulfonamides is 1. The third-order valence-electron chi connectivity index (χ3n) is 2.86. The molecule has 0 atom stereocenters. The van der Waals surface area contributed by atoms with Crippen LogP contribution in [-0.2, 0) is 10.0 Å². The van der Waals surface area contributed by atoms with E-state index in [1.807, 2.05) is 6.07 Å². The molecule has 112 valence electrons. The zero-order valence-corrected chi connectivity index (χ0v) is 13.7. The number of halogens is 1. The summed E-state index contributed by atoms with van der Waals surface area (Å²) in [6.45, 7) is 2.06. The molecule has 0 spiro atoms. The van der Waals surface area contributed by atoms with Gasteiger partial charge in [0.05, 0.1) is 5.69 Å². The van der Waals surface area contributed by atoms with Crippen molar-refractivity contribution in [1.29, 1.82) is 0 Å². The third kappa shape index (κ3) is 3.17. The molecule has 2 rings (SSSR count). The van der Waals surface area contributed by atoms with Gasteiger partial charge in [-0.25, -0.2) is 19.2 Å². The Kier molecular flexibility index (Phi) is 4.81. The second-order valence-corrected chi connectivity index (χ2v) is 6.90. The highest BCUT2D eigenvalue weighted by Crippen LogP contribution is 2.28. The number of para-hydroxylation sites is 1. The highest BCUT2D eigenvalue weighted by atomic mass is 79.9. The lowest BCUT2D eigenvalue weighted by atomic mass is 10.3. The molecular formula is C13H15BrN4O2S. The minimum absolute atomic E-state index is 0.0186. The van der Waals surface area contributed by atoms with Gasteiger partial charge in [-0.15, -0.1) is 0 Å². The topological polar surface area (TPSA) is 88.3 Å². The molecule has 0 amide bonds. The Morgan fingerprint density at radius 2 is 2.00 bits per heavy atom. The van der Waals surface area contributed by atoms with Gasteiger partial charge in [0.2, 0.25) is 0 Å². The van der Waals surface area contributed by atoms with Crippen LogP contribution in [-0.4, -0.2) is 19.9 Å². The summed E-state index contributed by atoms with van der Waals surface area (Å²) in [4.78, 5) is 4.00. The predicted octanol–water partition coefficient (Wildman–Crippen LogP) is 2.34. The number of rotatable bonds is 5. The molecule has 8 heteroatoms. The van der Waals surface area contributed by atoms with Crippen LogP contribution in [0.15, 0.2) is 52.0 Å². The van der Waals surface area contributed by atoms with Gasteiger partial charge >= 0.3 is 0 Å². The molecule has 0 unspecified atom stereocenters. The number of pyridine rings is 1. The quantitative estimate of drug-likeness (QED) is 0.622. The van der Waals surface area contributed by atoms with Crippen molar-refractivity contribution < 1.29 is 8.42 Å². The van der Waals surface area contributed by atoms with Crippen molar-refractivity contribution >= 4 is 37.5 Å². The maximum absolute atomic E-state index is 12.9. The molecule has 0 bridgehead atoms. The number of hydrogen-bond donors (Lipinski definition) is 2. The summed E-state index contributed by atoms with van der Waals surface area (Å²) in [6, 6.07) is 10.4. The zero-order valence-electron chi connectivity index (χ0n) is 11.3. The van der Waals surface area contributed by atoms with Gasteiger partial charge in [0.1, 0.15) is 4.90 Å². The minimum Gasteiger partial charge on any atom is -0.307 e. The fourth-order valence-corrected chi connectivity index (χ4v) is 4.02. The molecule has 2 aromatic rings. The monoisotopic (exact) mass is 370 g/mol. The molecule has 1 aromatic carbocycles. The van der Waals surface area contributed by atoms with Gasteiger partial charge in [-0.3, -0.25) is 4.31 Å². The zero-order chi connectivity index (χ0) is 15.5. The second kappa shape index (κ2) is 6.42. The Labute approximate surface area is 132 Å². The SMILES string of the molecule is CCN(c1ccccc1)S(=O)(=O)c1cc(Br)cnc1NN. The highest BCUT2D eigenvalue weighted by Gasteiger charge is 2.27. The lowest BCUT2D eigenvalue weighted by molar-refractivity contribution is 0.591. The summed E-state index contributed by atoms with van der Waals surface area (Å²) < 4.78 is 27.6. The van der Waals surface area contributed by atoms with Gasteiger partial charge in [-0.05, 0) is 41.1 Å². The normalized spacial score (nSPS) is 11.2. The van der Waals surface area contributed by atoms with E-state index in [0.29, 0.717) is 16.7 Å². The summed E-state index contributed by atoms with van der Waals surface area (Å²) >= 11 is 3.23. The van der Waals surface area contributed by atoms with Crippen molar-refractivity contribution in [3.8, 4) is 0 Å². The number of hydrogen-bond acceptors (Lipinski definition) is 5. The first-order valence-electron chi connectivity index (χ1n) is 6.20. The average molecular weight is 371 g/mol. The first kappa shape index (κ1) is 15.7. The van der Waals surface area contributed by atoms with E-state index in [2.05, 4.69) is 26.3 Å². The van der Waals surface area contributed by atoms with Gasteiger partial charge in [0.25, 0.3) is 10.0 Å². The van der Waals surface area contributed by atoms with Gasteiger partial charge in [-0.1, -0.05) is 18.2 Å². The molecular weight excluding hydrogens is 356 g/mol. The minimum atomic E-state index is -3.77. The van der Waals surface area contributed by atoms with E-state index in [1.54, 1.807) is 31.2 Å². The fourth-order valence-electron chi connectivity index (χ4n) is 1.93. The van der Waals surface area contributed by atoms with Crippen molar-refractivity contribution in [3.05, 3.63) is 47.1 Å². The first-order valence-corrected chi connectivity index (χ1v) is 8.44.